The molecule has 2 aliphatic carbocycles. The van der Waals surface area contributed by atoms with Crippen LogP contribution in [0.2, 0.25) is 0 Å². The summed E-state index contributed by atoms with van der Waals surface area (Å²) in [6.45, 7) is 12.6. The zero-order valence-electron chi connectivity index (χ0n) is 15.2. The molecule has 2 saturated carbocycles. The average molecular weight is 332 g/mol. The molecule has 1 heterocycles. The molecule has 4 nitrogen and oxygen atoms in total. The van der Waals surface area contributed by atoms with Crippen LogP contribution in [0.5, 0.6) is 0 Å². The Kier molecular flexibility index (Phi) is 4.13. The first-order valence-electron chi connectivity index (χ1n) is 8.92. The zero-order chi connectivity index (χ0) is 17.7. The fourth-order valence-electron chi connectivity index (χ4n) is 4.98. The third-order valence-electron chi connectivity index (χ3n) is 6.97. The van der Waals surface area contributed by atoms with Crippen molar-refractivity contribution in [2.45, 2.75) is 59.5 Å². The normalized spacial score (nSPS) is 42.2. The molecule has 0 bridgehead atoms. The molecule has 0 aromatic rings. The van der Waals surface area contributed by atoms with Gasteiger partial charge < -0.3 is 9.47 Å². The van der Waals surface area contributed by atoms with E-state index in [0.29, 0.717) is 24.0 Å². The predicted octanol–water partition coefficient (Wildman–Crippen LogP) is 3.81. The van der Waals surface area contributed by atoms with Crippen LogP contribution in [0.1, 0.15) is 53.4 Å². The third-order valence-corrected chi connectivity index (χ3v) is 6.97. The van der Waals surface area contributed by atoms with Gasteiger partial charge in [-0.15, -0.1) is 0 Å². The third kappa shape index (κ3) is 2.42. The fourth-order valence-corrected chi connectivity index (χ4v) is 4.98. The smallest absolute Gasteiger partial charge is 0.333 e. The van der Waals surface area contributed by atoms with Crippen LogP contribution in [0.15, 0.2) is 23.8 Å². The molecule has 0 amide bonds. The van der Waals surface area contributed by atoms with Crippen molar-refractivity contribution >= 4 is 11.9 Å². The minimum atomic E-state index is -0.508. The van der Waals surface area contributed by atoms with Gasteiger partial charge >= 0.3 is 11.9 Å². The topological polar surface area (TPSA) is 52.6 Å². The Bertz CT molecular complexity index is 601. The van der Waals surface area contributed by atoms with E-state index < -0.39 is 5.41 Å². The average Bonchev–Trinajstić information content (AvgIpc) is 2.99. The quantitative estimate of drug-likeness (QED) is 0.438. The Hall–Kier alpha value is -1.58. The van der Waals surface area contributed by atoms with Crippen molar-refractivity contribution in [3.05, 3.63) is 23.8 Å². The van der Waals surface area contributed by atoms with E-state index in [1.165, 1.54) is 0 Å². The number of fused-ring (bicyclic) bond motifs is 1. The number of hydrogen-bond donors (Lipinski definition) is 0. The molecule has 24 heavy (non-hydrogen) atoms. The Morgan fingerprint density at radius 3 is 2.71 bits per heavy atom. The molecular formula is C20H28O4. The van der Waals surface area contributed by atoms with E-state index in [1.54, 1.807) is 13.0 Å². The summed E-state index contributed by atoms with van der Waals surface area (Å²) in [5, 5.41) is 0. The summed E-state index contributed by atoms with van der Waals surface area (Å²) < 4.78 is 11.0. The van der Waals surface area contributed by atoms with Crippen molar-refractivity contribution in [1.29, 1.82) is 0 Å². The van der Waals surface area contributed by atoms with Gasteiger partial charge in [0, 0.05) is 5.57 Å². The largest absolute Gasteiger partial charge is 0.460 e. The van der Waals surface area contributed by atoms with Crippen molar-refractivity contribution in [3.8, 4) is 0 Å². The SMILES string of the molecule is C=C1COC(=O)[C@@]12C[C@H]1C[C@@H](OC(=O)/C(C)=C\C)C[C@H](C)[C@@]1(C)C2. The highest BCUT2D eigenvalue weighted by Gasteiger charge is 2.63. The molecule has 0 aromatic heterocycles. The summed E-state index contributed by atoms with van der Waals surface area (Å²) in [7, 11) is 0. The lowest BCUT2D eigenvalue weighted by Gasteiger charge is -2.45. The van der Waals surface area contributed by atoms with Crippen LogP contribution in [0.3, 0.4) is 0 Å². The second-order valence-corrected chi connectivity index (χ2v) is 8.22. The van der Waals surface area contributed by atoms with Crippen LogP contribution in [-0.4, -0.2) is 24.6 Å². The van der Waals surface area contributed by atoms with Crippen molar-refractivity contribution in [3.63, 3.8) is 0 Å². The van der Waals surface area contributed by atoms with E-state index in [2.05, 4.69) is 20.4 Å². The number of carbonyl (C=O) groups excluding carboxylic acids is 2. The van der Waals surface area contributed by atoms with Gasteiger partial charge in [0.25, 0.3) is 0 Å². The van der Waals surface area contributed by atoms with Crippen LogP contribution in [-0.2, 0) is 19.1 Å². The van der Waals surface area contributed by atoms with Crippen molar-refractivity contribution in [2.24, 2.45) is 22.7 Å². The fraction of sp³-hybridized carbons (Fsp3) is 0.700. The van der Waals surface area contributed by atoms with Crippen molar-refractivity contribution in [2.75, 3.05) is 6.61 Å². The van der Waals surface area contributed by atoms with E-state index in [0.717, 1.165) is 31.3 Å². The van der Waals surface area contributed by atoms with Crippen molar-refractivity contribution < 1.29 is 19.1 Å². The zero-order valence-corrected chi connectivity index (χ0v) is 15.2. The van der Waals surface area contributed by atoms with Gasteiger partial charge in [0.1, 0.15) is 12.7 Å². The minimum absolute atomic E-state index is 0.0682. The molecule has 1 saturated heterocycles. The number of carbonyl (C=O) groups is 2. The molecule has 1 aliphatic heterocycles. The molecule has 3 rings (SSSR count). The summed E-state index contributed by atoms with van der Waals surface area (Å²) in [6, 6.07) is 0. The maximum atomic E-state index is 12.4. The standard InChI is InChI=1S/C20H28O4/c1-6-12(2)17(21)24-16-7-13(3)19(5)11-20(9-15(19)8-16)14(4)10-23-18(20)22/h6,13,15-16H,4,7-11H2,1-3,5H3/b12-6-/t13-,15+,16-,19+,20+/m0/s1. The second-order valence-electron chi connectivity index (χ2n) is 8.22. The van der Waals surface area contributed by atoms with E-state index in [1.807, 2.05) is 6.92 Å². The Morgan fingerprint density at radius 2 is 2.12 bits per heavy atom. The second kappa shape index (κ2) is 5.75. The van der Waals surface area contributed by atoms with Gasteiger partial charge in [0.2, 0.25) is 0 Å². The van der Waals surface area contributed by atoms with Gasteiger partial charge in [0.15, 0.2) is 0 Å². The van der Waals surface area contributed by atoms with E-state index >= 15 is 0 Å². The summed E-state index contributed by atoms with van der Waals surface area (Å²) in [4.78, 5) is 24.5. The Labute approximate surface area is 144 Å². The summed E-state index contributed by atoms with van der Waals surface area (Å²) in [5.74, 6) is 0.414. The van der Waals surface area contributed by atoms with Gasteiger partial charge in [-0.2, -0.15) is 0 Å². The maximum absolute atomic E-state index is 12.4. The number of rotatable bonds is 2. The number of esters is 2. The number of hydrogen-bond acceptors (Lipinski definition) is 4. The molecule has 0 aromatic carbocycles. The number of ether oxygens (including phenoxy) is 2. The summed E-state index contributed by atoms with van der Waals surface area (Å²) >= 11 is 0. The van der Waals surface area contributed by atoms with Crippen LogP contribution < -0.4 is 0 Å². The Morgan fingerprint density at radius 1 is 1.42 bits per heavy atom. The van der Waals surface area contributed by atoms with Crippen LogP contribution in [0.4, 0.5) is 0 Å². The lowest BCUT2D eigenvalue weighted by atomic mass is 9.62. The minimum Gasteiger partial charge on any atom is -0.460 e. The molecule has 5 atom stereocenters. The monoisotopic (exact) mass is 332 g/mol. The molecule has 3 fully saturated rings. The molecule has 0 unspecified atom stereocenters. The van der Waals surface area contributed by atoms with Gasteiger partial charge in [0.05, 0.1) is 5.41 Å². The number of cyclic esters (lactones) is 1. The predicted molar refractivity (Wildman–Crippen MR) is 91.1 cm³/mol. The van der Waals surface area contributed by atoms with Crippen LogP contribution >= 0.6 is 0 Å². The van der Waals surface area contributed by atoms with Gasteiger partial charge in [-0.3, -0.25) is 4.79 Å². The highest BCUT2D eigenvalue weighted by molar-refractivity contribution is 5.87. The molecule has 132 valence electrons. The molecule has 0 N–H and O–H groups in total. The molecule has 4 heteroatoms. The molecule has 3 aliphatic rings. The van der Waals surface area contributed by atoms with Crippen molar-refractivity contribution in [1.82, 2.24) is 0 Å². The molecule has 1 spiro atoms. The van der Waals surface area contributed by atoms with E-state index in [9.17, 15) is 9.59 Å². The maximum Gasteiger partial charge on any atom is 0.333 e. The first-order valence-corrected chi connectivity index (χ1v) is 8.92. The lowest BCUT2D eigenvalue weighted by molar-refractivity contribution is -0.150. The van der Waals surface area contributed by atoms with E-state index in [4.69, 9.17) is 9.47 Å². The van der Waals surface area contributed by atoms with Crippen LogP contribution in [0, 0.1) is 22.7 Å². The highest BCUT2D eigenvalue weighted by atomic mass is 16.5. The number of allylic oxidation sites excluding steroid dienone is 1. The van der Waals surface area contributed by atoms with Crippen LogP contribution in [0.25, 0.3) is 0 Å². The summed E-state index contributed by atoms with van der Waals surface area (Å²) in [5.41, 5.74) is 1.14. The van der Waals surface area contributed by atoms with Gasteiger partial charge in [-0.05, 0) is 62.4 Å². The molecular weight excluding hydrogens is 304 g/mol. The highest BCUT2D eigenvalue weighted by Crippen LogP contribution is 2.65. The molecule has 0 radical (unpaired) electrons. The van der Waals surface area contributed by atoms with Gasteiger partial charge in [-0.25, -0.2) is 4.79 Å². The van der Waals surface area contributed by atoms with Gasteiger partial charge in [-0.1, -0.05) is 26.5 Å². The van der Waals surface area contributed by atoms with E-state index in [-0.39, 0.29) is 23.5 Å². The summed E-state index contributed by atoms with van der Waals surface area (Å²) in [6.07, 6.45) is 4.99. The lowest BCUT2D eigenvalue weighted by Crippen LogP contribution is -2.41. The first kappa shape index (κ1) is 17.2. The first-order chi connectivity index (χ1) is 11.2. The Balaban J connectivity index is 1.79.